The molecule has 4 rings (SSSR count). The fraction of sp³-hybridized carbons (Fsp3) is 0.500. The third-order valence-corrected chi connectivity index (χ3v) is 5.95. The maximum atomic E-state index is 13.4. The van der Waals surface area contributed by atoms with Crippen LogP contribution in [0.3, 0.4) is 0 Å². The summed E-state index contributed by atoms with van der Waals surface area (Å²) in [5.41, 5.74) is -0.962. The zero-order valence-corrected chi connectivity index (χ0v) is 17.4. The van der Waals surface area contributed by atoms with Gasteiger partial charge >= 0.3 is 0 Å². The molecule has 1 amide bonds. The molecule has 0 bridgehead atoms. The van der Waals surface area contributed by atoms with Crippen LogP contribution < -0.4 is 5.56 Å². The number of nitrogens with zero attached hydrogens (tertiary/aromatic N) is 6. The summed E-state index contributed by atoms with van der Waals surface area (Å²) in [6.07, 6.45) is 1.10. The van der Waals surface area contributed by atoms with Gasteiger partial charge in [-0.2, -0.15) is 4.39 Å². The fourth-order valence-corrected chi connectivity index (χ4v) is 4.05. The molecule has 9 nitrogen and oxygen atoms in total. The molecule has 1 aliphatic heterocycles. The molecule has 12 heteroatoms. The summed E-state index contributed by atoms with van der Waals surface area (Å²) >= 11 is 0. The molecule has 0 radical (unpaired) electrons. The van der Waals surface area contributed by atoms with Crippen LogP contribution in [0.4, 0.5) is 13.2 Å². The van der Waals surface area contributed by atoms with E-state index in [9.17, 15) is 27.9 Å². The zero-order valence-electron chi connectivity index (χ0n) is 17.4. The summed E-state index contributed by atoms with van der Waals surface area (Å²) < 4.78 is 43.7. The van der Waals surface area contributed by atoms with E-state index in [4.69, 9.17) is 0 Å². The molecule has 0 aromatic carbocycles. The number of fused-ring (bicyclic) bond motifs is 1. The topological polar surface area (TPSA) is 98.2 Å². The van der Waals surface area contributed by atoms with Gasteiger partial charge in [0.25, 0.3) is 12.0 Å². The lowest BCUT2D eigenvalue weighted by Crippen LogP contribution is -2.50. The minimum atomic E-state index is -2.90. The number of hydrogen-bond acceptors (Lipinski definition) is 5. The van der Waals surface area contributed by atoms with Gasteiger partial charge in [-0.05, 0) is 18.9 Å². The fourth-order valence-electron chi connectivity index (χ4n) is 4.05. The van der Waals surface area contributed by atoms with Crippen molar-refractivity contribution >= 4 is 16.9 Å². The zero-order chi connectivity index (χ0) is 23.0. The van der Waals surface area contributed by atoms with Gasteiger partial charge in [0.2, 0.25) is 11.9 Å². The molecular weight excluding hydrogens is 429 g/mol. The van der Waals surface area contributed by atoms with E-state index >= 15 is 0 Å². The predicted molar refractivity (Wildman–Crippen MR) is 108 cm³/mol. The molecule has 4 heterocycles. The predicted octanol–water partition coefficient (Wildman–Crippen LogP) is 1.32. The number of carbonyl (C=O) groups is 1. The van der Waals surface area contributed by atoms with Crippen LogP contribution in [0, 0.1) is 5.95 Å². The molecule has 1 aliphatic rings. The Morgan fingerprint density at radius 3 is 2.59 bits per heavy atom. The van der Waals surface area contributed by atoms with Gasteiger partial charge in [0.15, 0.2) is 0 Å². The summed E-state index contributed by atoms with van der Waals surface area (Å²) in [6, 6.07) is 1.04. The van der Waals surface area contributed by atoms with Crippen molar-refractivity contribution in [2.24, 2.45) is 7.05 Å². The Labute approximate surface area is 180 Å². The molecule has 3 aromatic rings. The van der Waals surface area contributed by atoms with E-state index in [-0.39, 0.29) is 38.0 Å². The lowest BCUT2D eigenvalue weighted by atomic mass is 9.91. The Hall–Kier alpha value is -3.15. The molecule has 0 saturated carbocycles. The second-order valence-corrected chi connectivity index (χ2v) is 8.17. The number of piperidine rings is 1. The average molecular weight is 452 g/mol. The summed E-state index contributed by atoms with van der Waals surface area (Å²) in [7, 11) is 1.78. The quantitative estimate of drug-likeness (QED) is 0.609. The van der Waals surface area contributed by atoms with E-state index in [0.29, 0.717) is 11.0 Å². The Balaban J connectivity index is 1.40. The minimum absolute atomic E-state index is 0.0118. The third-order valence-electron chi connectivity index (χ3n) is 5.95. The van der Waals surface area contributed by atoms with E-state index in [1.54, 1.807) is 23.9 Å². The van der Waals surface area contributed by atoms with Crippen LogP contribution in [0.25, 0.3) is 11.0 Å². The Morgan fingerprint density at radius 2 is 1.97 bits per heavy atom. The number of aliphatic hydroxyl groups is 1. The van der Waals surface area contributed by atoms with Crippen LogP contribution in [-0.4, -0.2) is 64.9 Å². The van der Waals surface area contributed by atoms with Crippen molar-refractivity contribution in [3.05, 3.63) is 47.2 Å². The summed E-state index contributed by atoms with van der Waals surface area (Å²) in [4.78, 5) is 30.9. The molecule has 32 heavy (non-hydrogen) atoms. The number of carbonyl (C=O) groups excluding carboxylic acids is 1. The van der Waals surface area contributed by atoms with Gasteiger partial charge in [0.1, 0.15) is 18.0 Å². The van der Waals surface area contributed by atoms with Crippen LogP contribution in [-0.2, 0) is 18.4 Å². The Morgan fingerprint density at radius 1 is 1.25 bits per heavy atom. The van der Waals surface area contributed by atoms with E-state index in [1.165, 1.54) is 15.8 Å². The van der Waals surface area contributed by atoms with Crippen LogP contribution in [0.2, 0.25) is 0 Å². The van der Waals surface area contributed by atoms with E-state index in [2.05, 4.69) is 10.1 Å². The van der Waals surface area contributed by atoms with Crippen molar-refractivity contribution in [1.29, 1.82) is 0 Å². The number of aryl methyl sites for hydroxylation is 1. The van der Waals surface area contributed by atoms with Crippen molar-refractivity contribution in [1.82, 2.24) is 28.8 Å². The highest BCUT2D eigenvalue weighted by atomic mass is 19.3. The monoisotopic (exact) mass is 452 g/mol. The van der Waals surface area contributed by atoms with E-state index in [0.717, 1.165) is 16.9 Å². The molecule has 1 saturated heterocycles. The number of aromatic nitrogens is 5. The third kappa shape index (κ3) is 4.27. The van der Waals surface area contributed by atoms with Gasteiger partial charge in [-0.3, -0.25) is 18.8 Å². The maximum absolute atomic E-state index is 13.4. The van der Waals surface area contributed by atoms with Gasteiger partial charge in [0, 0.05) is 38.6 Å². The van der Waals surface area contributed by atoms with Crippen molar-refractivity contribution in [2.75, 3.05) is 13.1 Å². The van der Waals surface area contributed by atoms with Crippen molar-refractivity contribution in [3.63, 3.8) is 0 Å². The lowest BCUT2D eigenvalue weighted by Gasteiger charge is -2.38. The normalized spacial score (nSPS) is 17.2. The average Bonchev–Trinajstić information content (AvgIpc) is 3.34. The van der Waals surface area contributed by atoms with Gasteiger partial charge in [-0.15, -0.1) is 5.10 Å². The van der Waals surface area contributed by atoms with Gasteiger partial charge in [-0.1, -0.05) is 0 Å². The standard InChI is InChI=1S/C20H23F3N6O3/c1-26-6-2-13-18(26)24-12-28(19(13)31)11-20(32)4-8-27(9-5-20)16(30)10-14(17(22)23)29-7-3-15(21)25-29/h2-3,6-7,12,14,17,32H,4-5,8-11H2,1H3/t14-/m1/s1. The highest BCUT2D eigenvalue weighted by Gasteiger charge is 2.36. The van der Waals surface area contributed by atoms with Crippen LogP contribution in [0.1, 0.15) is 25.3 Å². The van der Waals surface area contributed by atoms with Gasteiger partial charge in [0.05, 0.1) is 24.0 Å². The van der Waals surface area contributed by atoms with Crippen molar-refractivity contribution in [2.45, 2.75) is 43.9 Å². The second kappa shape index (κ2) is 8.41. The number of likely N-dealkylation sites (tertiary alicyclic amines) is 1. The van der Waals surface area contributed by atoms with Gasteiger partial charge < -0.3 is 14.6 Å². The highest BCUT2D eigenvalue weighted by molar-refractivity contribution is 5.77. The maximum Gasteiger partial charge on any atom is 0.262 e. The molecule has 1 atom stereocenters. The molecule has 172 valence electrons. The molecule has 1 fully saturated rings. The second-order valence-electron chi connectivity index (χ2n) is 8.17. The SMILES string of the molecule is Cn1ccc2c(=O)n(CC3(O)CCN(C(=O)C[C@H](C(F)F)n4ccc(F)n4)CC3)cnc21. The van der Waals surface area contributed by atoms with Crippen molar-refractivity contribution < 1.29 is 23.1 Å². The first-order chi connectivity index (χ1) is 15.2. The van der Waals surface area contributed by atoms with Crippen molar-refractivity contribution in [3.8, 4) is 0 Å². The van der Waals surface area contributed by atoms with Crippen LogP contribution >= 0.6 is 0 Å². The number of hydrogen-bond donors (Lipinski definition) is 1. The molecular formula is C20H23F3N6O3. The Bertz CT molecular complexity index is 1180. The largest absolute Gasteiger partial charge is 0.388 e. The van der Waals surface area contributed by atoms with E-state index < -0.39 is 36.3 Å². The summed E-state index contributed by atoms with van der Waals surface area (Å²) in [5, 5.41) is 14.8. The van der Waals surface area contributed by atoms with Gasteiger partial charge in [-0.25, -0.2) is 13.8 Å². The lowest BCUT2D eigenvalue weighted by molar-refractivity contribution is -0.138. The van der Waals surface area contributed by atoms with E-state index in [1.807, 2.05) is 0 Å². The number of alkyl halides is 2. The first-order valence-electron chi connectivity index (χ1n) is 10.2. The first-order valence-corrected chi connectivity index (χ1v) is 10.2. The Kier molecular flexibility index (Phi) is 5.80. The number of halogens is 3. The molecule has 1 N–H and O–H groups in total. The molecule has 0 unspecified atom stereocenters. The first kappa shape index (κ1) is 22.1. The van der Waals surface area contributed by atoms with Crippen LogP contribution in [0.15, 0.2) is 35.6 Å². The molecule has 0 spiro atoms. The molecule has 0 aliphatic carbocycles. The summed E-state index contributed by atoms with van der Waals surface area (Å²) in [5.74, 6) is -1.43. The smallest absolute Gasteiger partial charge is 0.262 e. The number of rotatable bonds is 6. The summed E-state index contributed by atoms with van der Waals surface area (Å²) in [6.45, 7) is 0.307. The van der Waals surface area contributed by atoms with Crippen LogP contribution in [0.5, 0.6) is 0 Å². The number of amides is 1. The minimum Gasteiger partial charge on any atom is -0.388 e. The highest BCUT2D eigenvalue weighted by Crippen LogP contribution is 2.27. The molecule has 3 aromatic heterocycles.